The average molecular weight is 797 g/mol. The summed E-state index contributed by atoms with van der Waals surface area (Å²) in [5.74, 6) is 0.522. The van der Waals surface area contributed by atoms with Crippen LogP contribution in [0.2, 0.25) is 0 Å². The number of benzene rings is 4. The number of hydrogen-bond acceptors (Lipinski definition) is 0. The second-order valence-electron chi connectivity index (χ2n) is 17.0. The van der Waals surface area contributed by atoms with E-state index in [1.807, 2.05) is 0 Å². The molecular formula is C48H58Cl2Zr-2. The van der Waals surface area contributed by atoms with Gasteiger partial charge in [-0.3, -0.25) is 6.08 Å². The fourth-order valence-electron chi connectivity index (χ4n) is 6.28. The summed E-state index contributed by atoms with van der Waals surface area (Å²) in [6.45, 7) is 29.1. The molecule has 0 saturated heterocycles. The van der Waals surface area contributed by atoms with Crippen LogP contribution in [0.25, 0.3) is 21.5 Å². The quantitative estimate of drug-likeness (QED) is 0.166. The van der Waals surface area contributed by atoms with Crippen molar-refractivity contribution in [2.45, 2.75) is 107 Å². The maximum absolute atomic E-state index is 3.48. The molecule has 1 aliphatic rings. The molecule has 6 rings (SSSR count). The molecule has 270 valence electrons. The third-order valence-electron chi connectivity index (χ3n) is 9.43. The van der Waals surface area contributed by atoms with Crippen molar-refractivity contribution in [2.75, 3.05) is 0 Å². The van der Waals surface area contributed by atoms with Gasteiger partial charge in [0.25, 0.3) is 0 Å². The van der Waals surface area contributed by atoms with Crippen molar-refractivity contribution in [1.82, 2.24) is 0 Å². The zero-order valence-electron chi connectivity index (χ0n) is 33.3. The topological polar surface area (TPSA) is 0 Å². The van der Waals surface area contributed by atoms with Crippen LogP contribution in [0, 0.1) is 31.3 Å². The van der Waals surface area contributed by atoms with E-state index in [0.29, 0.717) is 11.3 Å². The molecule has 1 unspecified atom stereocenters. The fraction of sp³-hybridized carbons (Fsp3) is 0.375. The summed E-state index contributed by atoms with van der Waals surface area (Å²) in [5.41, 5.74) is 11.7. The Kier molecular flexibility index (Phi) is 15.8. The first-order chi connectivity index (χ1) is 22.8. The van der Waals surface area contributed by atoms with Crippen molar-refractivity contribution in [3.05, 3.63) is 148 Å². The number of fused-ring (bicyclic) bond motifs is 3. The monoisotopic (exact) mass is 794 g/mol. The van der Waals surface area contributed by atoms with Gasteiger partial charge in [-0.15, -0.1) is 39.7 Å². The number of aryl methyl sites for hydroxylation is 2. The van der Waals surface area contributed by atoms with E-state index in [4.69, 9.17) is 0 Å². The smallest absolute Gasteiger partial charge is 1.00 e. The molecule has 0 fully saturated rings. The third kappa shape index (κ3) is 11.8. The molecule has 0 heterocycles. The minimum absolute atomic E-state index is 0. The number of allylic oxidation sites excluding steroid dienone is 4. The Morgan fingerprint density at radius 3 is 1.33 bits per heavy atom. The van der Waals surface area contributed by atoms with Crippen molar-refractivity contribution in [3.63, 3.8) is 0 Å². The minimum atomic E-state index is 0. The Labute approximate surface area is 337 Å². The van der Waals surface area contributed by atoms with Gasteiger partial charge in [0.2, 0.25) is 0 Å². The predicted molar refractivity (Wildman–Crippen MR) is 214 cm³/mol. The van der Waals surface area contributed by atoms with Gasteiger partial charge in [0, 0.05) is 0 Å². The van der Waals surface area contributed by atoms with Crippen LogP contribution in [0.3, 0.4) is 0 Å². The van der Waals surface area contributed by atoms with Crippen LogP contribution >= 0.6 is 0 Å². The van der Waals surface area contributed by atoms with Crippen LogP contribution in [0.4, 0.5) is 0 Å². The zero-order chi connectivity index (χ0) is 36.3. The first kappa shape index (κ1) is 44.7. The van der Waals surface area contributed by atoms with E-state index in [0.717, 1.165) is 6.42 Å². The van der Waals surface area contributed by atoms with Gasteiger partial charge >= 0.3 is 112 Å². The Morgan fingerprint density at radius 1 is 0.627 bits per heavy atom. The molecule has 5 aromatic rings. The largest absolute Gasteiger partial charge is 1.00 e. The van der Waals surface area contributed by atoms with Crippen LogP contribution in [0.1, 0.15) is 116 Å². The van der Waals surface area contributed by atoms with Gasteiger partial charge in [-0.1, -0.05) is 129 Å². The van der Waals surface area contributed by atoms with Crippen molar-refractivity contribution in [2.24, 2.45) is 11.3 Å². The standard InChI is InChI=1S/C21H25.C15H14.C12H19.2ClH.Zr/c1-20(2,3)16-9-7-14-11-15-8-10-17(21(4,5)6)13-19(15)18(14)12-16;1-12-3-7-14(8-4-12)11-15-9-5-13(2)6-10-15;1-6-10-7-9(2)8-11(10)12(3,4)5;;;/h7-13H,1-6H3;3-10H,1-2H3;8-9H,6H2,1-5H3;2*1H;/q-1;;-1;;;+2/p-2. The van der Waals surface area contributed by atoms with E-state index in [-0.39, 0.29) is 35.6 Å². The Morgan fingerprint density at radius 2 is 1.02 bits per heavy atom. The third-order valence-corrected chi connectivity index (χ3v) is 10.8. The van der Waals surface area contributed by atoms with Gasteiger partial charge in [-0.05, 0) is 10.8 Å². The van der Waals surface area contributed by atoms with E-state index in [9.17, 15) is 0 Å². The summed E-state index contributed by atoms with van der Waals surface area (Å²) in [5, 5.41) is 5.49. The van der Waals surface area contributed by atoms with Crippen LogP contribution in [-0.2, 0) is 35.1 Å². The van der Waals surface area contributed by atoms with Crippen LogP contribution < -0.4 is 24.8 Å². The summed E-state index contributed by atoms with van der Waals surface area (Å²) in [6, 6.07) is 33.7. The molecule has 0 radical (unpaired) electrons. The number of rotatable bonds is 3. The summed E-state index contributed by atoms with van der Waals surface area (Å²) >= 11 is 1.46. The second kappa shape index (κ2) is 18.1. The molecule has 0 N–H and O–H groups in total. The normalized spacial score (nSPS) is 14.3. The van der Waals surface area contributed by atoms with Crippen molar-refractivity contribution in [3.8, 4) is 0 Å². The van der Waals surface area contributed by atoms with Crippen molar-refractivity contribution in [1.29, 1.82) is 0 Å². The van der Waals surface area contributed by atoms with E-state index in [1.165, 1.54) is 93.5 Å². The molecular weight excluding hydrogens is 739 g/mol. The SMILES string of the molecule is CC(C)(C)c1ccc2[cH-]c3ccc(C(C)(C)C)cc3c2c1.CCC1=[C-]C(C)C=C1C(C)(C)C.Cc1ccc([C](=[Zr+2])c2ccc(C)cc2)cc1.[Cl-].[Cl-]. The van der Waals surface area contributed by atoms with Gasteiger partial charge in [0.1, 0.15) is 0 Å². The predicted octanol–water partition coefficient (Wildman–Crippen LogP) is 7.48. The van der Waals surface area contributed by atoms with Crippen LogP contribution in [-0.4, -0.2) is 3.21 Å². The van der Waals surface area contributed by atoms with Gasteiger partial charge in [0.05, 0.1) is 0 Å². The molecule has 1 atom stereocenters. The summed E-state index contributed by atoms with van der Waals surface area (Å²) in [6.07, 6.45) is 6.95. The molecule has 0 amide bonds. The van der Waals surface area contributed by atoms with Gasteiger partial charge in [-0.25, -0.2) is 5.57 Å². The first-order valence-corrected chi connectivity index (χ1v) is 19.2. The molecule has 0 bridgehead atoms. The molecule has 51 heavy (non-hydrogen) atoms. The maximum atomic E-state index is 3.48. The Hall–Kier alpha value is -2.44. The van der Waals surface area contributed by atoms with Crippen molar-refractivity contribution < 1.29 is 49.0 Å². The Bertz CT molecular complexity index is 1850. The summed E-state index contributed by atoms with van der Waals surface area (Å²) < 4.78 is 1.42. The minimum Gasteiger partial charge on any atom is -1.00 e. The maximum Gasteiger partial charge on any atom is -1.00 e. The fourth-order valence-corrected chi connectivity index (χ4v) is 7.10. The summed E-state index contributed by atoms with van der Waals surface area (Å²) in [4.78, 5) is 0. The number of halogens is 2. The van der Waals surface area contributed by atoms with E-state index < -0.39 is 0 Å². The molecule has 5 aromatic carbocycles. The van der Waals surface area contributed by atoms with E-state index in [2.05, 4.69) is 193 Å². The van der Waals surface area contributed by atoms with Gasteiger partial charge < -0.3 is 24.8 Å². The molecule has 1 aliphatic carbocycles. The van der Waals surface area contributed by atoms with Gasteiger partial charge in [-0.2, -0.15) is 11.6 Å². The summed E-state index contributed by atoms with van der Waals surface area (Å²) in [7, 11) is 0. The number of hydrogen-bond donors (Lipinski definition) is 0. The molecule has 3 heteroatoms. The molecule has 0 aliphatic heterocycles. The van der Waals surface area contributed by atoms with Crippen LogP contribution in [0.5, 0.6) is 0 Å². The van der Waals surface area contributed by atoms with E-state index >= 15 is 0 Å². The second-order valence-corrected chi connectivity index (χ2v) is 18.2. The molecule has 0 nitrogen and oxygen atoms in total. The first-order valence-electron chi connectivity index (χ1n) is 18.0. The van der Waals surface area contributed by atoms with E-state index in [1.54, 1.807) is 0 Å². The molecule has 0 spiro atoms. The van der Waals surface area contributed by atoms with Gasteiger partial charge in [0.15, 0.2) is 0 Å². The molecule has 0 saturated carbocycles. The molecule has 0 aromatic heterocycles. The zero-order valence-corrected chi connectivity index (χ0v) is 37.2. The van der Waals surface area contributed by atoms with Crippen molar-refractivity contribution >= 4 is 24.8 Å². The average Bonchev–Trinajstić information content (AvgIpc) is 3.61. The van der Waals surface area contributed by atoms with Crippen LogP contribution in [0.15, 0.2) is 108 Å². The Balaban J connectivity index is 0.000000270.